The Morgan fingerprint density at radius 3 is 2.28 bits per heavy atom. The van der Waals surface area contributed by atoms with E-state index in [1.165, 1.54) is 6.92 Å². The molecule has 3 rings (SSSR count). The van der Waals surface area contributed by atoms with Crippen molar-refractivity contribution >= 4 is 23.5 Å². The van der Waals surface area contributed by atoms with Gasteiger partial charge in [0.2, 0.25) is 0 Å². The first-order valence-corrected chi connectivity index (χ1v) is 7.68. The molecule has 2 unspecified atom stereocenters. The quantitative estimate of drug-likeness (QED) is 0.634. The van der Waals surface area contributed by atoms with Gasteiger partial charge in [0, 0.05) is 11.3 Å². The minimum atomic E-state index is -1.44. The maximum atomic E-state index is 12.1. The maximum absolute atomic E-state index is 12.1. The van der Waals surface area contributed by atoms with Crippen LogP contribution in [0.5, 0.6) is 0 Å². The number of hydrogen-bond donors (Lipinski definition) is 4. The number of imide groups is 1. The third-order valence-electron chi connectivity index (χ3n) is 4.14. The molecule has 2 atom stereocenters. The highest BCUT2D eigenvalue weighted by atomic mass is 16.3. The molecule has 2 aromatic rings. The second-order valence-electron chi connectivity index (χ2n) is 5.96. The van der Waals surface area contributed by atoms with Crippen molar-refractivity contribution in [2.45, 2.75) is 18.6 Å². The maximum Gasteiger partial charge on any atom is 0.322 e. The molecule has 7 heteroatoms. The Bertz CT molecular complexity index is 820. The number of urea groups is 1. The first-order chi connectivity index (χ1) is 11.9. The Morgan fingerprint density at radius 2 is 1.72 bits per heavy atom. The zero-order valence-corrected chi connectivity index (χ0v) is 13.4. The monoisotopic (exact) mass is 339 g/mol. The summed E-state index contributed by atoms with van der Waals surface area (Å²) in [6, 6.07) is 14.6. The van der Waals surface area contributed by atoms with Crippen LogP contribution in [0.2, 0.25) is 0 Å². The van der Waals surface area contributed by atoms with Crippen LogP contribution >= 0.6 is 0 Å². The topological polar surface area (TPSA) is 108 Å². The second kappa shape index (κ2) is 6.37. The van der Waals surface area contributed by atoms with Crippen molar-refractivity contribution in [3.8, 4) is 0 Å². The second-order valence-corrected chi connectivity index (χ2v) is 5.96. The van der Waals surface area contributed by atoms with Crippen LogP contribution in [0.15, 0.2) is 54.6 Å². The van der Waals surface area contributed by atoms with Crippen LogP contribution in [-0.2, 0) is 4.79 Å². The van der Waals surface area contributed by atoms with E-state index in [0.717, 1.165) is 0 Å². The third-order valence-corrected chi connectivity index (χ3v) is 4.14. The van der Waals surface area contributed by atoms with Gasteiger partial charge >= 0.3 is 6.03 Å². The summed E-state index contributed by atoms with van der Waals surface area (Å²) in [6.07, 6.45) is -1.22. The number of anilines is 1. The fourth-order valence-electron chi connectivity index (χ4n) is 2.62. The van der Waals surface area contributed by atoms with Crippen LogP contribution in [0.3, 0.4) is 0 Å². The molecule has 0 aliphatic carbocycles. The van der Waals surface area contributed by atoms with E-state index in [1.807, 2.05) is 6.07 Å². The van der Waals surface area contributed by atoms with Gasteiger partial charge in [-0.1, -0.05) is 30.3 Å². The molecule has 25 heavy (non-hydrogen) atoms. The van der Waals surface area contributed by atoms with Crippen LogP contribution < -0.4 is 16.0 Å². The summed E-state index contributed by atoms with van der Waals surface area (Å²) in [5.41, 5.74) is 0.0863. The van der Waals surface area contributed by atoms with E-state index in [0.29, 0.717) is 16.8 Å². The number of aliphatic hydroxyl groups is 1. The van der Waals surface area contributed by atoms with E-state index < -0.39 is 23.6 Å². The Hall–Kier alpha value is -3.19. The van der Waals surface area contributed by atoms with Crippen molar-refractivity contribution in [1.29, 1.82) is 0 Å². The Morgan fingerprint density at radius 1 is 1.08 bits per heavy atom. The number of rotatable bonds is 4. The van der Waals surface area contributed by atoms with Crippen molar-refractivity contribution < 1.29 is 19.5 Å². The summed E-state index contributed by atoms with van der Waals surface area (Å²) in [4.78, 5) is 35.3. The predicted molar refractivity (Wildman–Crippen MR) is 90.9 cm³/mol. The molecule has 0 saturated carbocycles. The highest BCUT2D eigenvalue weighted by Gasteiger charge is 2.48. The Balaban J connectivity index is 1.73. The fraction of sp³-hybridized carbons (Fsp3) is 0.167. The van der Waals surface area contributed by atoms with Gasteiger partial charge in [0.15, 0.2) is 0 Å². The zero-order chi connectivity index (χ0) is 18.0. The van der Waals surface area contributed by atoms with E-state index in [1.54, 1.807) is 48.5 Å². The summed E-state index contributed by atoms with van der Waals surface area (Å²) in [5, 5.41) is 17.7. The van der Waals surface area contributed by atoms with Gasteiger partial charge in [0.25, 0.3) is 11.8 Å². The fourth-order valence-corrected chi connectivity index (χ4v) is 2.62. The van der Waals surface area contributed by atoms with Gasteiger partial charge in [0.1, 0.15) is 11.6 Å². The molecule has 4 amide bonds. The van der Waals surface area contributed by atoms with Crippen LogP contribution in [0.4, 0.5) is 10.5 Å². The van der Waals surface area contributed by atoms with Gasteiger partial charge in [-0.3, -0.25) is 14.9 Å². The molecule has 2 aromatic carbocycles. The summed E-state index contributed by atoms with van der Waals surface area (Å²) >= 11 is 0. The summed E-state index contributed by atoms with van der Waals surface area (Å²) in [5.74, 6) is -0.838. The number of carbonyl (C=O) groups excluding carboxylic acids is 3. The molecule has 1 aliphatic rings. The number of benzene rings is 2. The highest BCUT2D eigenvalue weighted by molar-refractivity contribution is 6.07. The van der Waals surface area contributed by atoms with E-state index >= 15 is 0 Å². The van der Waals surface area contributed by atoms with E-state index in [4.69, 9.17) is 0 Å². The van der Waals surface area contributed by atoms with Gasteiger partial charge in [-0.25, -0.2) is 4.79 Å². The smallest absolute Gasteiger partial charge is 0.322 e. The summed E-state index contributed by atoms with van der Waals surface area (Å²) < 4.78 is 0. The molecule has 1 saturated heterocycles. The molecular weight excluding hydrogens is 322 g/mol. The van der Waals surface area contributed by atoms with Crippen LogP contribution in [0.1, 0.15) is 28.9 Å². The van der Waals surface area contributed by atoms with Crippen molar-refractivity contribution in [3.05, 3.63) is 65.7 Å². The molecular formula is C18H17N3O4. The van der Waals surface area contributed by atoms with Gasteiger partial charge in [-0.05, 0) is 36.8 Å². The summed E-state index contributed by atoms with van der Waals surface area (Å²) in [6.45, 7) is 1.45. The van der Waals surface area contributed by atoms with Gasteiger partial charge in [-0.15, -0.1) is 0 Å². The molecule has 0 spiro atoms. The lowest BCUT2D eigenvalue weighted by Gasteiger charge is -2.27. The lowest BCUT2D eigenvalue weighted by atomic mass is 9.89. The van der Waals surface area contributed by atoms with Crippen molar-refractivity contribution in [2.75, 3.05) is 5.32 Å². The van der Waals surface area contributed by atoms with Crippen molar-refractivity contribution in [3.63, 3.8) is 0 Å². The number of aliphatic hydroxyl groups excluding tert-OH is 1. The molecule has 7 nitrogen and oxygen atoms in total. The first kappa shape index (κ1) is 16.7. The molecule has 0 bridgehead atoms. The molecule has 128 valence electrons. The standard InChI is InChI=1S/C18H17N3O4/c1-18(16(24)20-17(25)21-18)14(22)11-7-9-13(10-8-11)19-15(23)12-5-3-2-4-6-12/h2-10,14,22H,1H3,(H,19,23)(H2,20,21,24,25). The molecule has 1 aliphatic heterocycles. The number of nitrogens with one attached hydrogen (secondary N) is 3. The predicted octanol–water partition coefficient (Wildman–Crippen LogP) is 1.57. The average Bonchev–Trinajstić information content (AvgIpc) is 2.88. The van der Waals surface area contributed by atoms with E-state index in [2.05, 4.69) is 16.0 Å². The molecule has 4 N–H and O–H groups in total. The molecule has 1 heterocycles. The Kier molecular flexibility index (Phi) is 4.24. The lowest BCUT2D eigenvalue weighted by molar-refractivity contribution is -0.127. The van der Waals surface area contributed by atoms with E-state index in [9.17, 15) is 19.5 Å². The first-order valence-electron chi connectivity index (χ1n) is 7.68. The number of carbonyl (C=O) groups is 3. The van der Waals surface area contributed by atoms with Gasteiger partial charge in [0.05, 0.1) is 0 Å². The zero-order valence-electron chi connectivity index (χ0n) is 13.4. The Labute approximate surface area is 144 Å². The third kappa shape index (κ3) is 3.22. The van der Waals surface area contributed by atoms with Crippen molar-refractivity contribution in [1.82, 2.24) is 10.6 Å². The van der Waals surface area contributed by atoms with Crippen LogP contribution in [-0.4, -0.2) is 28.5 Å². The lowest BCUT2D eigenvalue weighted by Crippen LogP contribution is -2.49. The normalized spacial score (nSPS) is 20.6. The van der Waals surface area contributed by atoms with Gasteiger partial charge < -0.3 is 15.7 Å². The highest BCUT2D eigenvalue weighted by Crippen LogP contribution is 2.29. The molecule has 0 radical (unpaired) electrons. The molecule has 1 fully saturated rings. The number of hydrogen-bond acceptors (Lipinski definition) is 4. The molecule has 0 aromatic heterocycles. The summed E-state index contributed by atoms with van der Waals surface area (Å²) in [7, 11) is 0. The average molecular weight is 339 g/mol. The minimum absolute atomic E-state index is 0.247. The largest absolute Gasteiger partial charge is 0.385 e. The van der Waals surface area contributed by atoms with E-state index in [-0.39, 0.29) is 5.91 Å². The number of amides is 4. The van der Waals surface area contributed by atoms with Crippen LogP contribution in [0, 0.1) is 0 Å². The van der Waals surface area contributed by atoms with Gasteiger partial charge in [-0.2, -0.15) is 0 Å². The van der Waals surface area contributed by atoms with Crippen molar-refractivity contribution in [2.24, 2.45) is 0 Å². The SMILES string of the molecule is CC1(C(O)c2ccc(NC(=O)c3ccccc3)cc2)NC(=O)NC1=O. The van der Waals surface area contributed by atoms with Crippen LogP contribution in [0.25, 0.3) is 0 Å². The minimum Gasteiger partial charge on any atom is -0.385 e.